The van der Waals surface area contributed by atoms with Crippen LogP contribution in [-0.4, -0.2) is 4.75 Å². The van der Waals surface area contributed by atoms with Crippen molar-refractivity contribution in [1.29, 1.82) is 0 Å². The van der Waals surface area contributed by atoms with Crippen LogP contribution in [0, 0.1) is 5.92 Å². The van der Waals surface area contributed by atoms with Crippen LogP contribution in [0.2, 0.25) is 0 Å². The van der Waals surface area contributed by atoms with Crippen molar-refractivity contribution in [3.05, 3.63) is 11.1 Å². The molecule has 0 radical (unpaired) electrons. The second-order valence-electron chi connectivity index (χ2n) is 4.81. The number of hydrogen-bond acceptors (Lipinski definition) is 1. The summed E-state index contributed by atoms with van der Waals surface area (Å²) in [6, 6.07) is 0. The minimum atomic E-state index is 0.194. The zero-order valence-electron chi connectivity index (χ0n) is 10.5. The Morgan fingerprint density at radius 1 is 0.923 bits per heavy atom. The molecule has 0 spiro atoms. The van der Waals surface area contributed by atoms with Crippen molar-refractivity contribution in [1.82, 2.24) is 0 Å². The van der Waals surface area contributed by atoms with Gasteiger partial charge in [-0.3, -0.25) is 0 Å². The lowest BCUT2D eigenvalue weighted by Gasteiger charge is -2.21. The fourth-order valence-corrected chi connectivity index (χ4v) is 0. The minimum absolute atomic E-state index is 0.194. The molecular formula is C12H26S. The molecular weight excluding hydrogens is 176 g/mol. The van der Waals surface area contributed by atoms with E-state index in [9.17, 15) is 0 Å². The first kappa shape index (κ1) is 15.6. The smallest absolute Gasteiger partial charge is 0.00960 e. The molecule has 0 aliphatic rings. The first-order chi connectivity index (χ1) is 5.59. The summed E-state index contributed by atoms with van der Waals surface area (Å²) in [6.45, 7) is 17.1. The van der Waals surface area contributed by atoms with Crippen LogP contribution in [0.4, 0.5) is 0 Å². The fraction of sp³-hybridized carbons (Fsp3) is 0.833. The van der Waals surface area contributed by atoms with E-state index in [1.807, 2.05) is 0 Å². The van der Waals surface area contributed by atoms with E-state index >= 15 is 0 Å². The second kappa shape index (κ2) is 6.53. The van der Waals surface area contributed by atoms with E-state index in [0.717, 1.165) is 0 Å². The molecule has 0 aliphatic carbocycles. The van der Waals surface area contributed by atoms with Gasteiger partial charge < -0.3 is 0 Å². The molecule has 0 aromatic rings. The average Bonchev–Trinajstić information content (AvgIpc) is 1.86. The third kappa shape index (κ3) is 12.1. The predicted molar refractivity (Wildman–Crippen MR) is 67.6 cm³/mol. The summed E-state index contributed by atoms with van der Waals surface area (Å²) in [5.41, 5.74) is 2.85. The van der Waals surface area contributed by atoms with E-state index in [0.29, 0.717) is 5.92 Å². The van der Waals surface area contributed by atoms with Gasteiger partial charge in [-0.05, 0) is 33.6 Å². The quantitative estimate of drug-likeness (QED) is 0.462. The van der Waals surface area contributed by atoms with Gasteiger partial charge in [-0.2, -0.15) is 12.6 Å². The Balaban J connectivity index is 0. The maximum atomic E-state index is 4.35. The molecule has 0 heterocycles. The molecule has 0 atom stereocenters. The molecule has 0 unspecified atom stereocenters. The van der Waals surface area contributed by atoms with E-state index in [-0.39, 0.29) is 4.75 Å². The van der Waals surface area contributed by atoms with Crippen molar-refractivity contribution >= 4 is 12.6 Å². The largest absolute Gasteiger partial charge is 0.173 e. The van der Waals surface area contributed by atoms with Gasteiger partial charge in [0, 0.05) is 4.75 Å². The molecule has 0 saturated carbocycles. The monoisotopic (exact) mass is 202 g/mol. The zero-order chi connectivity index (χ0) is 11.2. The van der Waals surface area contributed by atoms with Crippen molar-refractivity contribution in [2.24, 2.45) is 5.92 Å². The summed E-state index contributed by atoms with van der Waals surface area (Å²) >= 11 is 4.35. The van der Waals surface area contributed by atoms with Gasteiger partial charge >= 0.3 is 0 Å². The highest BCUT2D eigenvalue weighted by atomic mass is 32.1. The van der Waals surface area contributed by atoms with E-state index in [2.05, 4.69) is 68.0 Å². The van der Waals surface area contributed by atoms with Gasteiger partial charge in [0.05, 0.1) is 0 Å². The Bertz CT molecular complexity index is 140. The lowest BCUT2D eigenvalue weighted by atomic mass is 10.00. The van der Waals surface area contributed by atoms with Crippen LogP contribution in [0.25, 0.3) is 0 Å². The molecule has 0 nitrogen and oxygen atoms in total. The van der Waals surface area contributed by atoms with E-state index < -0.39 is 0 Å². The molecule has 0 amide bonds. The van der Waals surface area contributed by atoms with Gasteiger partial charge in [0.15, 0.2) is 0 Å². The van der Waals surface area contributed by atoms with Gasteiger partial charge in [0.1, 0.15) is 0 Å². The number of allylic oxidation sites excluding steroid dienone is 2. The molecule has 13 heavy (non-hydrogen) atoms. The molecule has 0 saturated heterocycles. The van der Waals surface area contributed by atoms with Crippen LogP contribution in [0.1, 0.15) is 55.4 Å². The number of hydrogen-bond donors (Lipinski definition) is 1. The second-order valence-corrected chi connectivity index (χ2v) is 5.96. The van der Waals surface area contributed by atoms with E-state index in [1.54, 1.807) is 0 Å². The van der Waals surface area contributed by atoms with Crippen molar-refractivity contribution in [3.8, 4) is 0 Å². The standard InChI is InChI=1S/C6H14S.C6H12/c1-5(2)6(3,4)7;1-5(2)6(3)4/h5,7H,1-4H3;1-4H3. The Hall–Kier alpha value is 0.0900. The minimum Gasteiger partial charge on any atom is -0.173 e. The lowest BCUT2D eigenvalue weighted by molar-refractivity contribution is 0.508. The van der Waals surface area contributed by atoms with Crippen LogP contribution in [0.5, 0.6) is 0 Å². The van der Waals surface area contributed by atoms with Gasteiger partial charge in [0.25, 0.3) is 0 Å². The third-order valence-electron chi connectivity index (χ3n) is 2.41. The van der Waals surface area contributed by atoms with Gasteiger partial charge in [-0.15, -0.1) is 0 Å². The average molecular weight is 202 g/mol. The summed E-state index contributed by atoms with van der Waals surface area (Å²) < 4.78 is 0.194. The van der Waals surface area contributed by atoms with Gasteiger partial charge in [-0.25, -0.2) is 0 Å². The van der Waals surface area contributed by atoms with Crippen molar-refractivity contribution in [2.45, 2.75) is 60.1 Å². The zero-order valence-corrected chi connectivity index (χ0v) is 11.4. The number of thiol groups is 1. The van der Waals surface area contributed by atoms with Gasteiger partial charge in [-0.1, -0.05) is 38.8 Å². The van der Waals surface area contributed by atoms with Crippen LogP contribution in [-0.2, 0) is 0 Å². The maximum absolute atomic E-state index is 4.35. The summed E-state index contributed by atoms with van der Waals surface area (Å²) in [4.78, 5) is 0. The van der Waals surface area contributed by atoms with Crippen molar-refractivity contribution < 1.29 is 0 Å². The maximum Gasteiger partial charge on any atom is 0.00960 e. The lowest BCUT2D eigenvalue weighted by Crippen LogP contribution is -2.18. The molecule has 0 aromatic heterocycles. The SMILES string of the molecule is CC(C)=C(C)C.CC(C)C(C)(C)S. The summed E-state index contributed by atoms with van der Waals surface area (Å²) in [7, 11) is 0. The van der Waals surface area contributed by atoms with Crippen molar-refractivity contribution in [3.63, 3.8) is 0 Å². The predicted octanol–water partition coefficient (Wildman–Crippen LogP) is 4.71. The molecule has 0 bridgehead atoms. The highest BCUT2D eigenvalue weighted by Gasteiger charge is 2.15. The highest BCUT2D eigenvalue weighted by Crippen LogP contribution is 2.21. The highest BCUT2D eigenvalue weighted by molar-refractivity contribution is 7.81. The van der Waals surface area contributed by atoms with Crippen LogP contribution < -0.4 is 0 Å². The molecule has 1 heteroatoms. The third-order valence-corrected chi connectivity index (χ3v) is 2.93. The summed E-state index contributed by atoms with van der Waals surface area (Å²) in [5.74, 6) is 0.663. The van der Waals surface area contributed by atoms with E-state index in [4.69, 9.17) is 0 Å². The van der Waals surface area contributed by atoms with Crippen LogP contribution in [0.15, 0.2) is 11.1 Å². The Morgan fingerprint density at radius 3 is 1.08 bits per heavy atom. The normalized spacial score (nSPS) is 10.6. The Kier molecular flexibility index (Phi) is 7.81. The molecule has 0 fully saturated rings. The molecule has 0 aliphatic heterocycles. The first-order valence-corrected chi connectivity index (χ1v) is 5.36. The van der Waals surface area contributed by atoms with E-state index in [1.165, 1.54) is 11.1 Å². The van der Waals surface area contributed by atoms with Crippen molar-refractivity contribution in [2.75, 3.05) is 0 Å². The van der Waals surface area contributed by atoms with Gasteiger partial charge in [0.2, 0.25) is 0 Å². The molecule has 0 rings (SSSR count). The van der Waals surface area contributed by atoms with Crippen LogP contribution >= 0.6 is 12.6 Å². The molecule has 0 N–H and O–H groups in total. The molecule has 0 aromatic carbocycles. The Labute approximate surface area is 90.2 Å². The summed E-state index contributed by atoms with van der Waals surface area (Å²) in [6.07, 6.45) is 0. The topological polar surface area (TPSA) is 0 Å². The fourth-order valence-electron chi connectivity index (χ4n) is 0. The first-order valence-electron chi connectivity index (χ1n) is 4.92. The summed E-state index contributed by atoms with van der Waals surface area (Å²) in [5, 5.41) is 0. The van der Waals surface area contributed by atoms with Crippen LogP contribution in [0.3, 0.4) is 0 Å². The number of rotatable bonds is 1. The Morgan fingerprint density at radius 2 is 1.08 bits per heavy atom. The molecule has 80 valence electrons.